The molecule has 0 aliphatic rings. The number of rotatable bonds is 1. The molecular weight excluding hydrogens is 347 g/mol. The summed E-state index contributed by atoms with van der Waals surface area (Å²) in [5.74, 6) is 0. The van der Waals surface area contributed by atoms with Crippen molar-refractivity contribution >= 4 is 44.8 Å². The van der Waals surface area contributed by atoms with E-state index in [1.165, 1.54) is 0 Å². The fourth-order valence-electron chi connectivity index (χ4n) is 2.14. The van der Waals surface area contributed by atoms with E-state index in [-0.39, 0.29) is 0 Å². The summed E-state index contributed by atoms with van der Waals surface area (Å²) in [6, 6.07) is 9.78. The summed E-state index contributed by atoms with van der Waals surface area (Å²) in [6.07, 6.45) is 1.83. The zero-order valence-electron chi connectivity index (χ0n) is 9.99. The molecule has 0 fully saturated rings. The lowest BCUT2D eigenvalue weighted by atomic mass is 10.1. The van der Waals surface area contributed by atoms with Crippen LogP contribution in [0.3, 0.4) is 0 Å². The molecule has 1 aromatic carbocycles. The Balaban J connectivity index is 2.34. The molecule has 2 aromatic heterocycles. The normalized spacial score (nSPS) is 11.2. The largest absolute Gasteiger partial charge is 0.297 e. The fraction of sp³-hybridized carbons (Fsp3) is 0.0714. The van der Waals surface area contributed by atoms with Crippen LogP contribution in [0, 0.1) is 6.92 Å². The molecule has 2 nitrogen and oxygen atoms in total. The maximum atomic E-state index is 6.19. The van der Waals surface area contributed by atoms with E-state index < -0.39 is 0 Å². The summed E-state index contributed by atoms with van der Waals surface area (Å²) < 4.78 is 2.97. The number of benzene rings is 1. The maximum Gasteiger partial charge on any atom is 0.156 e. The average Bonchev–Trinajstić information content (AvgIpc) is 2.67. The molecule has 0 aliphatic carbocycles. The van der Waals surface area contributed by atoms with E-state index in [0.717, 1.165) is 27.1 Å². The second-order valence-electron chi connectivity index (χ2n) is 4.25. The number of imidazole rings is 1. The molecule has 96 valence electrons. The summed E-state index contributed by atoms with van der Waals surface area (Å²) in [5.41, 5.74) is 3.73. The molecule has 3 rings (SSSR count). The quantitative estimate of drug-likeness (QED) is 0.572. The summed E-state index contributed by atoms with van der Waals surface area (Å²) in [4.78, 5) is 4.51. The molecular formula is C14H9BrCl2N2. The van der Waals surface area contributed by atoms with Crippen molar-refractivity contribution in [2.24, 2.45) is 0 Å². The Bertz CT molecular complexity index is 763. The lowest BCUT2D eigenvalue weighted by molar-refractivity contribution is 1.19. The first kappa shape index (κ1) is 13.0. The lowest BCUT2D eigenvalue weighted by Crippen LogP contribution is -1.90. The molecule has 0 bridgehead atoms. The molecule has 3 aromatic rings. The summed E-state index contributed by atoms with van der Waals surface area (Å²) in [7, 11) is 0. The van der Waals surface area contributed by atoms with Gasteiger partial charge in [-0.15, -0.1) is 0 Å². The van der Waals surface area contributed by atoms with E-state index >= 15 is 0 Å². The standard InChI is InChI=1S/C14H9BrCl2N2/c1-8-13(9-2-4-10(15)5-3-9)19-7-11(16)6-12(17)14(19)18-8/h2-7H,1H3. The molecule has 0 unspecified atom stereocenters. The minimum Gasteiger partial charge on any atom is -0.297 e. The second kappa shape index (κ2) is 4.82. The molecule has 0 aliphatic heterocycles. The van der Waals surface area contributed by atoms with Gasteiger partial charge in [-0.2, -0.15) is 0 Å². The van der Waals surface area contributed by atoms with Crippen LogP contribution in [0.4, 0.5) is 0 Å². The third kappa shape index (κ3) is 2.27. The molecule has 5 heteroatoms. The van der Waals surface area contributed by atoms with Gasteiger partial charge in [0.15, 0.2) is 5.65 Å². The van der Waals surface area contributed by atoms with Crippen molar-refractivity contribution in [1.82, 2.24) is 9.38 Å². The van der Waals surface area contributed by atoms with E-state index in [2.05, 4.69) is 20.9 Å². The predicted octanol–water partition coefficient (Wildman–Crippen LogP) is 5.38. The Kier molecular flexibility index (Phi) is 3.29. The van der Waals surface area contributed by atoms with Crippen molar-refractivity contribution in [1.29, 1.82) is 0 Å². The number of pyridine rings is 1. The fourth-order valence-corrected chi connectivity index (χ4v) is 2.92. The van der Waals surface area contributed by atoms with Crippen LogP contribution >= 0.6 is 39.1 Å². The third-order valence-electron chi connectivity index (χ3n) is 2.93. The molecule has 0 N–H and O–H groups in total. The number of aromatic nitrogens is 2. The molecule has 19 heavy (non-hydrogen) atoms. The Hall–Kier alpha value is -1.03. The van der Waals surface area contributed by atoms with Crippen LogP contribution in [0.2, 0.25) is 10.0 Å². The van der Waals surface area contributed by atoms with Crippen LogP contribution in [-0.2, 0) is 0 Å². The molecule has 0 radical (unpaired) electrons. The minimum absolute atomic E-state index is 0.555. The number of nitrogens with zero attached hydrogens (tertiary/aromatic N) is 2. The molecule has 0 amide bonds. The molecule has 0 saturated carbocycles. The molecule has 2 heterocycles. The summed E-state index contributed by atoms with van der Waals surface area (Å²) in [5, 5.41) is 1.15. The van der Waals surface area contributed by atoms with E-state index in [0.29, 0.717) is 10.0 Å². The van der Waals surface area contributed by atoms with Gasteiger partial charge in [-0.1, -0.05) is 51.3 Å². The number of halogens is 3. The van der Waals surface area contributed by atoms with Crippen molar-refractivity contribution in [3.05, 3.63) is 56.7 Å². The van der Waals surface area contributed by atoms with Gasteiger partial charge in [-0.25, -0.2) is 4.98 Å². The van der Waals surface area contributed by atoms with Gasteiger partial charge in [-0.3, -0.25) is 4.40 Å². The Morgan fingerprint density at radius 2 is 1.84 bits per heavy atom. The highest BCUT2D eigenvalue weighted by Crippen LogP contribution is 2.30. The third-order valence-corrected chi connectivity index (χ3v) is 3.95. The number of hydrogen-bond donors (Lipinski definition) is 0. The topological polar surface area (TPSA) is 17.3 Å². The molecule has 0 saturated heterocycles. The van der Waals surface area contributed by atoms with Gasteiger partial charge in [0.2, 0.25) is 0 Å². The Morgan fingerprint density at radius 1 is 1.16 bits per heavy atom. The highest BCUT2D eigenvalue weighted by molar-refractivity contribution is 9.10. The smallest absolute Gasteiger partial charge is 0.156 e. The van der Waals surface area contributed by atoms with Crippen LogP contribution in [0.1, 0.15) is 5.69 Å². The van der Waals surface area contributed by atoms with Crippen molar-refractivity contribution < 1.29 is 0 Å². The summed E-state index contributed by atoms with van der Waals surface area (Å²) in [6.45, 7) is 1.97. The zero-order chi connectivity index (χ0) is 13.6. The first-order valence-electron chi connectivity index (χ1n) is 5.66. The van der Waals surface area contributed by atoms with Crippen LogP contribution in [0.25, 0.3) is 16.9 Å². The molecule has 0 spiro atoms. The van der Waals surface area contributed by atoms with E-state index in [1.807, 2.05) is 41.8 Å². The van der Waals surface area contributed by atoms with Gasteiger partial charge < -0.3 is 0 Å². The number of hydrogen-bond acceptors (Lipinski definition) is 1. The monoisotopic (exact) mass is 354 g/mol. The first-order valence-corrected chi connectivity index (χ1v) is 7.21. The number of aryl methyl sites for hydroxylation is 1. The van der Waals surface area contributed by atoms with Gasteiger partial charge in [0.1, 0.15) is 0 Å². The van der Waals surface area contributed by atoms with Gasteiger partial charge in [-0.05, 0) is 25.1 Å². The van der Waals surface area contributed by atoms with Crippen molar-refractivity contribution in [2.45, 2.75) is 6.92 Å². The number of fused-ring (bicyclic) bond motifs is 1. The van der Waals surface area contributed by atoms with Crippen LogP contribution in [-0.4, -0.2) is 9.38 Å². The SMILES string of the molecule is Cc1nc2c(Cl)cc(Cl)cn2c1-c1ccc(Br)cc1. The maximum absolute atomic E-state index is 6.19. The highest BCUT2D eigenvalue weighted by Gasteiger charge is 2.13. The van der Waals surface area contributed by atoms with Crippen LogP contribution in [0.5, 0.6) is 0 Å². The van der Waals surface area contributed by atoms with Crippen LogP contribution < -0.4 is 0 Å². The molecule has 0 atom stereocenters. The Labute approximate surface area is 129 Å². The summed E-state index contributed by atoms with van der Waals surface area (Å²) >= 11 is 15.7. The Morgan fingerprint density at radius 3 is 2.53 bits per heavy atom. The average molecular weight is 356 g/mol. The van der Waals surface area contributed by atoms with Gasteiger partial charge >= 0.3 is 0 Å². The minimum atomic E-state index is 0.555. The van der Waals surface area contributed by atoms with Crippen LogP contribution in [0.15, 0.2) is 41.0 Å². The zero-order valence-corrected chi connectivity index (χ0v) is 13.1. The van der Waals surface area contributed by atoms with Gasteiger partial charge in [0, 0.05) is 16.2 Å². The second-order valence-corrected chi connectivity index (χ2v) is 6.01. The first-order chi connectivity index (χ1) is 9.06. The van der Waals surface area contributed by atoms with Gasteiger partial charge in [0.25, 0.3) is 0 Å². The van der Waals surface area contributed by atoms with E-state index in [1.54, 1.807) is 6.07 Å². The van der Waals surface area contributed by atoms with Gasteiger partial charge in [0.05, 0.1) is 21.4 Å². The lowest BCUT2D eigenvalue weighted by Gasteiger charge is -2.05. The predicted molar refractivity (Wildman–Crippen MR) is 83.1 cm³/mol. The van der Waals surface area contributed by atoms with E-state index in [4.69, 9.17) is 23.2 Å². The van der Waals surface area contributed by atoms with Crippen molar-refractivity contribution in [2.75, 3.05) is 0 Å². The van der Waals surface area contributed by atoms with Crippen molar-refractivity contribution in [3.8, 4) is 11.3 Å². The highest BCUT2D eigenvalue weighted by atomic mass is 79.9. The van der Waals surface area contributed by atoms with E-state index in [9.17, 15) is 0 Å². The van der Waals surface area contributed by atoms with Crippen molar-refractivity contribution in [3.63, 3.8) is 0 Å².